The lowest BCUT2D eigenvalue weighted by Crippen LogP contribution is -2.35. The number of halogens is 1. The predicted molar refractivity (Wildman–Crippen MR) is 94.1 cm³/mol. The first-order chi connectivity index (χ1) is 11.7. The molecule has 0 radical (unpaired) electrons. The van der Waals surface area contributed by atoms with Gasteiger partial charge >= 0.3 is 5.97 Å². The molecule has 1 fully saturated rings. The molecule has 1 aromatic carbocycles. The van der Waals surface area contributed by atoms with Crippen molar-refractivity contribution in [3.05, 3.63) is 48.0 Å². The first kappa shape index (κ1) is 19.0. The molecule has 1 aliphatic heterocycles. The van der Waals surface area contributed by atoms with Crippen molar-refractivity contribution in [1.82, 2.24) is 0 Å². The van der Waals surface area contributed by atoms with Gasteiger partial charge in [-0.2, -0.15) is 0 Å². The molecule has 1 saturated heterocycles. The molecule has 0 bridgehead atoms. The first-order valence-corrected chi connectivity index (χ1v) is 8.99. The van der Waals surface area contributed by atoms with Crippen LogP contribution in [0.15, 0.2) is 42.5 Å². The topological polar surface area (TPSA) is 55.8 Å². The molecule has 1 aliphatic rings. The molecule has 0 saturated carbocycles. The standard InChI is InChI=1S/C19H25ClO4/c20-13-12-18-23-14-16(10-4-1-2-7-11-17(21)22)19(24-18)15-8-5-3-6-9-15/h1,3-6,8-9,16,18-19H,2,7,10-14H2,(H,21,22)/b4-1-. The fraction of sp³-hybridized carbons (Fsp3) is 0.526. The van der Waals surface area contributed by atoms with E-state index in [1.165, 1.54) is 0 Å². The number of aliphatic carboxylic acids is 1. The van der Waals surface area contributed by atoms with Crippen LogP contribution < -0.4 is 0 Å². The summed E-state index contributed by atoms with van der Waals surface area (Å²) in [5.74, 6) is 0.0157. The van der Waals surface area contributed by atoms with E-state index in [1.807, 2.05) is 18.2 Å². The average Bonchev–Trinajstić information content (AvgIpc) is 2.59. The third kappa shape index (κ3) is 6.27. The lowest BCUT2D eigenvalue weighted by Gasteiger charge is -2.36. The highest BCUT2D eigenvalue weighted by Gasteiger charge is 2.31. The number of hydrogen-bond donors (Lipinski definition) is 1. The van der Waals surface area contributed by atoms with Crippen LogP contribution in [0.3, 0.4) is 0 Å². The summed E-state index contributed by atoms with van der Waals surface area (Å²) in [5.41, 5.74) is 1.16. The molecule has 1 aromatic rings. The van der Waals surface area contributed by atoms with Crippen LogP contribution in [0, 0.1) is 5.92 Å². The normalized spacial score (nSPS) is 24.3. The van der Waals surface area contributed by atoms with E-state index in [9.17, 15) is 4.79 Å². The van der Waals surface area contributed by atoms with E-state index >= 15 is 0 Å². The van der Waals surface area contributed by atoms with Gasteiger partial charge in [0, 0.05) is 24.6 Å². The summed E-state index contributed by atoms with van der Waals surface area (Å²) in [6.07, 6.45) is 7.11. The third-order valence-electron chi connectivity index (χ3n) is 4.06. The molecule has 132 valence electrons. The Kier molecular flexibility index (Phi) is 8.29. The lowest BCUT2D eigenvalue weighted by atomic mass is 9.92. The van der Waals surface area contributed by atoms with Crippen molar-refractivity contribution in [2.45, 2.75) is 44.5 Å². The summed E-state index contributed by atoms with van der Waals surface area (Å²) in [7, 11) is 0. The van der Waals surface area contributed by atoms with Crippen LogP contribution in [0.5, 0.6) is 0 Å². The van der Waals surface area contributed by atoms with Crippen molar-refractivity contribution in [2.75, 3.05) is 12.5 Å². The highest BCUT2D eigenvalue weighted by Crippen LogP contribution is 2.35. The van der Waals surface area contributed by atoms with Gasteiger partial charge in [-0.25, -0.2) is 0 Å². The van der Waals surface area contributed by atoms with E-state index in [1.54, 1.807) is 0 Å². The Morgan fingerprint density at radius 1 is 1.29 bits per heavy atom. The summed E-state index contributed by atoms with van der Waals surface area (Å²) in [5, 5.41) is 8.64. The van der Waals surface area contributed by atoms with E-state index < -0.39 is 5.97 Å². The summed E-state index contributed by atoms with van der Waals surface area (Å²) in [4.78, 5) is 10.5. The SMILES string of the molecule is O=C(O)CCC/C=C\CC1COC(CCCl)OC1c1ccccc1. The maximum Gasteiger partial charge on any atom is 0.303 e. The molecule has 0 aromatic heterocycles. The minimum absolute atomic E-state index is 0.00293. The Morgan fingerprint density at radius 3 is 2.79 bits per heavy atom. The molecular weight excluding hydrogens is 328 g/mol. The van der Waals surface area contributed by atoms with E-state index in [0.717, 1.165) is 18.4 Å². The molecule has 3 atom stereocenters. The van der Waals surface area contributed by atoms with E-state index in [-0.39, 0.29) is 24.7 Å². The summed E-state index contributed by atoms with van der Waals surface area (Å²) in [6, 6.07) is 10.2. The van der Waals surface area contributed by atoms with E-state index in [2.05, 4.69) is 24.3 Å². The zero-order valence-corrected chi connectivity index (χ0v) is 14.5. The number of ether oxygens (including phenoxy) is 2. The third-order valence-corrected chi connectivity index (χ3v) is 4.28. The highest BCUT2D eigenvalue weighted by molar-refractivity contribution is 6.17. The predicted octanol–water partition coefficient (Wildman–Crippen LogP) is 4.55. The Bertz CT molecular complexity index is 517. The number of benzene rings is 1. The van der Waals surface area contributed by atoms with Crippen molar-refractivity contribution in [3.63, 3.8) is 0 Å². The second-order valence-corrected chi connectivity index (χ2v) is 6.34. The number of hydrogen-bond acceptors (Lipinski definition) is 3. The van der Waals surface area contributed by atoms with Crippen LogP contribution in [-0.4, -0.2) is 29.9 Å². The van der Waals surface area contributed by atoms with Crippen LogP contribution >= 0.6 is 11.6 Å². The Balaban J connectivity index is 1.91. The van der Waals surface area contributed by atoms with Crippen molar-refractivity contribution >= 4 is 17.6 Å². The number of allylic oxidation sites excluding steroid dienone is 2. The largest absolute Gasteiger partial charge is 0.481 e. The highest BCUT2D eigenvalue weighted by atomic mass is 35.5. The molecule has 0 aliphatic carbocycles. The molecule has 0 amide bonds. The summed E-state index contributed by atoms with van der Waals surface area (Å²) in [6.45, 7) is 0.639. The van der Waals surface area contributed by atoms with Gasteiger partial charge in [-0.1, -0.05) is 42.5 Å². The second kappa shape index (κ2) is 10.5. The van der Waals surface area contributed by atoms with Crippen molar-refractivity contribution in [3.8, 4) is 0 Å². The van der Waals surface area contributed by atoms with Crippen LogP contribution in [0.25, 0.3) is 0 Å². The first-order valence-electron chi connectivity index (χ1n) is 8.45. The van der Waals surface area contributed by atoms with Crippen molar-refractivity contribution < 1.29 is 19.4 Å². The van der Waals surface area contributed by atoms with Gasteiger partial charge in [-0.15, -0.1) is 11.6 Å². The second-order valence-electron chi connectivity index (χ2n) is 5.96. The summed E-state index contributed by atoms with van der Waals surface area (Å²) < 4.78 is 11.9. The fourth-order valence-electron chi connectivity index (χ4n) is 2.82. The van der Waals surface area contributed by atoms with Gasteiger partial charge in [0.2, 0.25) is 0 Å². The zero-order valence-electron chi connectivity index (χ0n) is 13.8. The Hall–Kier alpha value is -1.36. The molecule has 24 heavy (non-hydrogen) atoms. The van der Waals surface area contributed by atoms with E-state index in [0.29, 0.717) is 25.3 Å². The van der Waals surface area contributed by atoms with Gasteiger partial charge in [0.05, 0.1) is 12.7 Å². The smallest absolute Gasteiger partial charge is 0.303 e. The molecule has 1 N–H and O–H groups in total. The minimum Gasteiger partial charge on any atom is -0.481 e. The van der Waals surface area contributed by atoms with Gasteiger partial charge < -0.3 is 14.6 Å². The molecule has 3 unspecified atom stereocenters. The number of carbonyl (C=O) groups is 1. The average molecular weight is 353 g/mol. The van der Waals surface area contributed by atoms with Crippen molar-refractivity contribution in [1.29, 1.82) is 0 Å². The zero-order chi connectivity index (χ0) is 17.2. The minimum atomic E-state index is -0.744. The lowest BCUT2D eigenvalue weighted by molar-refractivity contribution is -0.238. The maximum absolute atomic E-state index is 10.5. The summed E-state index contributed by atoms with van der Waals surface area (Å²) >= 11 is 5.81. The molecule has 5 heteroatoms. The molecule has 4 nitrogen and oxygen atoms in total. The van der Waals surface area contributed by atoms with Crippen LogP contribution in [0.2, 0.25) is 0 Å². The number of rotatable bonds is 9. The molecule has 1 heterocycles. The van der Waals surface area contributed by atoms with E-state index in [4.69, 9.17) is 26.2 Å². The number of unbranched alkanes of at least 4 members (excludes halogenated alkanes) is 1. The molecule has 2 rings (SSSR count). The number of alkyl halides is 1. The molecule has 0 spiro atoms. The van der Waals surface area contributed by atoms with Crippen LogP contribution in [-0.2, 0) is 14.3 Å². The molecular formula is C19H25ClO4. The Labute approximate surface area is 148 Å². The fourth-order valence-corrected chi connectivity index (χ4v) is 3.00. The van der Waals surface area contributed by atoms with Crippen LogP contribution in [0.1, 0.15) is 43.8 Å². The number of carboxylic acid groups (broad SMARTS) is 1. The Morgan fingerprint density at radius 2 is 2.08 bits per heavy atom. The van der Waals surface area contributed by atoms with Gasteiger partial charge in [0.15, 0.2) is 6.29 Å². The van der Waals surface area contributed by atoms with Crippen molar-refractivity contribution in [2.24, 2.45) is 5.92 Å². The van der Waals surface area contributed by atoms with Crippen LogP contribution in [0.4, 0.5) is 0 Å². The maximum atomic E-state index is 10.5. The van der Waals surface area contributed by atoms with Gasteiger partial charge in [-0.3, -0.25) is 4.79 Å². The van der Waals surface area contributed by atoms with Gasteiger partial charge in [0.1, 0.15) is 0 Å². The van der Waals surface area contributed by atoms with Gasteiger partial charge in [0.25, 0.3) is 0 Å². The number of carboxylic acids is 1. The quantitative estimate of drug-likeness (QED) is 0.402. The monoisotopic (exact) mass is 352 g/mol. The van der Waals surface area contributed by atoms with Gasteiger partial charge in [-0.05, 0) is 24.8 Å².